The molecule has 0 aliphatic heterocycles. The Hall–Kier alpha value is -3.07. The van der Waals surface area contributed by atoms with Gasteiger partial charge in [-0.15, -0.1) is 0 Å². The number of phosphoric acid groups is 1. The van der Waals surface area contributed by atoms with Gasteiger partial charge >= 0.3 is 19.8 Å². The number of carbonyl (C=O) groups is 2. The number of phosphoric ester groups is 1. The number of allylic oxidation sites excluding steroid dienone is 16. The van der Waals surface area contributed by atoms with Crippen LogP contribution in [0.5, 0.6) is 0 Å². The highest BCUT2D eigenvalue weighted by Crippen LogP contribution is 2.43. The van der Waals surface area contributed by atoms with Crippen molar-refractivity contribution in [3.8, 4) is 0 Å². The maximum Gasteiger partial charge on any atom is 0.472 e. The van der Waals surface area contributed by atoms with Gasteiger partial charge in [-0.1, -0.05) is 291 Å². The highest BCUT2D eigenvalue weighted by molar-refractivity contribution is 7.47. The molecule has 462 valence electrons. The molecule has 0 aromatic carbocycles. The van der Waals surface area contributed by atoms with E-state index in [4.69, 9.17) is 18.5 Å². The van der Waals surface area contributed by atoms with Crippen LogP contribution < -0.4 is 0 Å². The quantitative estimate of drug-likeness (QED) is 0.0211. The van der Waals surface area contributed by atoms with Gasteiger partial charge in [-0.2, -0.15) is 0 Å². The number of ether oxygens (including phenoxy) is 2. The Labute approximate surface area is 493 Å². The largest absolute Gasteiger partial charge is 0.472 e. The van der Waals surface area contributed by atoms with E-state index in [2.05, 4.69) is 111 Å². The maximum atomic E-state index is 12.8. The molecule has 0 radical (unpaired) electrons. The van der Waals surface area contributed by atoms with Crippen LogP contribution >= 0.6 is 7.82 Å². The second kappa shape index (κ2) is 60.5. The lowest BCUT2D eigenvalue weighted by atomic mass is 10.0. The summed E-state index contributed by atoms with van der Waals surface area (Å²) in [4.78, 5) is 35.8. The summed E-state index contributed by atoms with van der Waals surface area (Å²) in [6.07, 6.45) is 83.7. The number of esters is 2. The van der Waals surface area contributed by atoms with Gasteiger partial charge in [-0.05, 0) is 77.0 Å². The van der Waals surface area contributed by atoms with Gasteiger partial charge in [0.15, 0.2) is 6.10 Å². The van der Waals surface area contributed by atoms with Gasteiger partial charge in [0.05, 0.1) is 27.7 Å². The number of likely N-dealkylation sites (N-methyl/N-ethyl adjacent to an activating group) is 1. The molecule has 0 aromatic heterocycles. The number of unbranched alkanes of at least 4 members (excludes halogenated alkanes) is 30. The van der Waals surface area contributed by atoms with Crippen molar-refractivity contribution in [2.75, 3.05) is 47.5 Å². The van der Waals surface area contributed by atoms with Crippen LogP contribution in [0.25, 0.3) is 0 Å². The van der Waals surface area contributed by atoms with E-state index in [0.29, 0.717) is 17.4 Å². The van der Waals surface area contributed by atoms with E-state index >= 15 is 0 Å². The van der Waals surface area contributed by atoms with E-state index < -0.39 is 26.5 Å². The van der Waals surface area contributed by atoms with Gasteiger partial charge in [-0.25, -0.2) is 4.57 Å². The average molecular weight is 1140 g/mol. The summed E-state index contributed by atoms with van der Waals surface area (Å²) in [7, 11) is 1.44. The molecule has 0 aliphatic rings. The molecule has 0 rings (SSSR count). The minimum Gasteiger partial charge on any atom is -0.462 e. The van der Waals surface area contributed by atoms with Crippen molar-refractivity contribution in [3.05, 3.63) is 97.2 Å². The summed E-state index contributed by atoms with van der Waals surface area (Å²) < 4.78 is 34.6. The molecular weight excluding hydrogens is 1010 g/mol. The first-order chi connectivity index (χ1) is 39.0. The number of carbonyl (C=O) groups excluding carboxylic acids is 2. The molecule has 0 bridgehead atoms. The topological polar surface area (TPSA) is 108 Å². The molecule has 9 nitrogen and oxygen atoms in total. The Kier molecular flexibility index (Phi) is 58.2. The smallest absolute Gasteiger partial charge is 0.462 e. The van der Waals surface area contributed by atoms with Crippen molar-refractivity contribution in [2.45, 2.75) is 290 Å². The molecule has 10 heteroatoms. The Bertz CT molecular complexity index is 1670. The fraction of sp³-hybridized carbons (Fsp3) is 0.743. The lowest BCUT2D eigenvalue weighted by Gasteiger charge is -2.24. The van der Waals surface area contributed by atoms with E-state index in [-0.39, 0.29) is 32.0 Å². The molecule has 0 aromatic rings. The number of quaternary nitrogens is 1. The molecule has 2 atom stereocenters. The van der Waals surface area contributed by atoms with Crippen molar-refractivity contribution in [1.29, 1.82) is 0 Å². The van der Waals surface area contributed by atoms with Gasteiger partial charge in [0.25, 0.3) is 0 Å². The second-order valence-electron chi connectivity index (χ2n) is 23.1. The number of hydrogen-bond acceptors (Lipinski definition) is 7. The van der Waals surface area contributed by atoms with E-state index in [1.54, 1.807) is 0 Å². The first kappa shape index (κ1) is 76.9. The summed E-state index contributed by atoms with van der Waals surface area (Å²) in [6.45, 7) is 4.30. The maximum absolute atomic E-state index is 12.8. The molecule has 0 amide bonds. The van der Waals surface area contributed by atoms with Crippen LogP contribution in [-0.4, -0.2) is 74.9 Å². The van der Waals surface area contributed by atoms with Crippen molar-refractivity contribution in [1.82, 2.24) is 0 Å². The van der Waals surface area contributed by atoms with Crippen LogP contribution in [0, 0.1) is 0 Å². The summed E-state index contributed by atoms with van der Waals surface area (Å²) in [5.41, 5.74) is 0. The van der Waals surface area contributed by atoms with E-state index in [0.717, 1.165) is 83.5 Å². The third kappa shape index (κ3) is 64.1. The highest BCUT2D eigenvalue weighted by atomic mass is 31.2. The van der Waals surface area contributed by atoms with Crippen LogP contribution in [-0.2, 0) is 32.7 Å². The standard InChI is InChI=1S/C70H124NO8P/c1-6-8-10-12-14-16-18-20-22-24-26-28-30-32-34-35-37-38-40-42-44-46-48-50-52-54-56-58-60-62-69(72)76-66-68(67-78-80(74,75)77-65-64-71(3,4)5)79-70(73)63-61-59-57-55-53-51-49-47-45-43-41-39-36-33-31-29-27-25-23-21-19-17-15-13-11-9-7-2/h9,11,15,17,21,23,27,29,33,36,41,43,47,49,53,55,68H,6-8,10,12-14,16,18-20,22,24-26,28,30-32,34-35,37-40,42,44-46,48,50-52,54,56-67H2,1-5H3/p+1/b11-9-,17-15-,23-21-,29-27-,36-33-,43-41-,49-47-,55-53-. The average Bonchev–Trinajstić information content (AvgIpc) is 3.42. The zero-order valence-electron chi connectivity index (χ0n) is 52.5. The number of rotatable bonds is 60. The lowest BCUT2D eigenvalue weighted by molar-refractivity contribution is -0.870. The fourth-order valence-corrected chi connectivity index (χ4v) is 9.83. The Morgan fingerprint density at radius 1 is 0.400 bits per heavy atom. The van der Waals surface area contributed by atoms with Gasteiger partial charge in [0.1, 0.15) is 19.8 Å². The lowest BCUT2D eigenvalue weighted by Crippen LogP contribution is -2.37. The van der Waals surface area contributed by atoms with E-state index in [9.17, 15) is 19.0 Å². The monoisotopic (exact) mass is 1140 g/mol. The van der Waals surface area contributed by atoms with Gasteiger partial charge in [0, 0.05) is 12.8 Å². The van der Waals surface area contributed by atoms with Crippen LogP contribution in [0.15, 0.2) is 97.2 Å². The van der Waals surface area contributed by atoms with Gasteiger partial charge in [0.2, 0.25) is 0 Å². The fourth-order valence-electron chi connectivity index (χ4n) is 9.09. The van der Waals surface area contributed by atoms with E-state index in [1.807, 2.05) is 21.1 Å². The molecule has 0 heterocycles. The summed E-state index contributed by atoms with van der Waals surface area (Å²) in [5, 5.41) is 0. The van der Waals surface area contributed by atoms with Gasteiger partial charge in [-0.3, -0.25) is 18.6 Å². The van der Waals surface area contributed by atoms with Crippen LogP contribution in [0.3, 0.4) is 0 Å². The van der Waals surface area contributed by atoms with Crippen LogP contribution in [0.1, 0.15) is 284 Å². The minimum atomic E-state index is -4.41. The van der Waals surface area contributed by atoms with E-state index in [1.165, 1.54) is 167 Å². The zero-order valence-corrected chi connectivity index (χ0v) is 53.4. The molecule has 80 heavy (non-hydrogen) atoms. The predicted molar refractivity (Wildman–Crippen MR) is 344 cm³/mol. The van der Waals surface area contributed by atoms with Crippen molar-refractivity contribution in [2.24, 2.45) is 0 Å². The molecular formula is C70H125NO8P+. The molecule has 2 unspecified atom stereocenters. The van der Waals surface area contributed by atoms with Crippen molar-refractivity contribution >= 4 is 19.8 Å². The highest BCUT2D eigenvalue weighted by Gasteiger charge is 2.27. The minimum absolute atomic E-state index is 0.0193. The first-order valence-corrected chi connectivity index (χ1v) is 34.5. The third-order valence-electron chi connectivity index (χ3n) is 14.1. The van der Waals surface area contributed by atoms with Gasteiger partial charge < -0.3 is 18.9 Å². The van der Waals surface area contributed by atoms with Crippen LogP contribution in [0.2, 0.25) is 0 Å². The second-order valence-corrected chi connectivity index (χ2v) is 24.6. The normalized spacial score (nSPS) is 13.8. The first-order valence-electron chi connectivity index (χ1n) is 33.0. The molecule has 1 N–H and O–H groups in total. The molecule has 0 fully saturated rings. The summed E-state index contributed by atoms with van der Waals surface area (Å²) in [6, 6.07) is 0. The molecule has 0 spiro atoms. The molecule has 0 aliphatic carbocycles. The Balaban J connectivity index is 4.16. The zero-order chi connectivity index (χ0) is 58.4. The Morgan fingerprint density at radius 2 is 0.713 bits per heavy atom. The van der Waals surface area contributed by atoms with Crippen LogP contribution in [0.4, 0.5) is 0 Å². The summed E-state index contributed by atoms with van der Waals surface area (Å²) >= 11 is 0. The Morgan fingerprint density at radius 3 is 1.06 bits per heavy atom. The summed E-state index contributed by atoms with van der Waals surface area (Å²) in [5.74, 6) is -0.844. The molecule has 0 saturated heterocycles. The van der Waals surface area contributed by atoms with Crippen molar-refractivity contribution < 1.29 is 42.1 Å². The van der Waals surface area contributed by atoms with Crippen molar-refractivity contribution in [3.63, 3.8) is 0 Å². The molecule has 0 saturated carbocycles. The number of hydrogen-bond donors (Lipinski definition) is 1. The third-order valence-corrected chi connectivity index (χ3v) is 15.1. The predicted octanol–water partition coefficient (Wildman–Crippen LogP) is 21.2. The SMILES string of the molecule is CC/C=C\C/C=C\C/C=C\C/C=C\C/C=C\C/C=C\C/C=C\C/C=C\CCCCC(=O)OC(COC(=O)CCCCCCCCCCCCCCCCCCCCCCCCCCCCCCC)COP(=O)(O)OCC[N+](C)(C)C. The number of nitrogens with zero attached hydrogens (tertiary/aromatic N) is 1.